The standard InChI is InChI=1S/C25H23FN4O3/c1-33-22-13-14(3-5-20(22)26)16-10-18-17-4-2-15(25(32)30-8-6-28-7-9-30)12-21(17)29-23(18)19(11-16)24(27)31/h2-5,10-13,28-29H,6-9H2,1H3,(H2,27,31). The topological polar surface area (TPSA) is 100 Å². The molecule has 0 atom stereocenters. The van der Waals surface area contributed by atoms with E-state index in [-0.39, 0.29) is 11.7 Å². The molecule has 7 nitrogen and oxygen atoms in total. The number of hydrogen-bond acceptors (Lipinski definition) is 4. The normalized spacial score (nSPS) is 14.1. The second-order valence-electron chi connectivity index (χ2n) is 8.09. The van der Waals surface area contributed by atoms with Gasteiger partial charge in [-0.15, -0.1) is 0 Å². The number of hydrogen-bond donors (Lipinski definition) is 3. The maximum atomic E-state index is 13.9. The predicted molar refractivity (Wildman–Crippen MR) is 125 cm³/mol. The summed E-state index contributed by atoms with van der Waals surface area (Å²) in [7, 11) is 1.40. The number of piperazine rings is 1. The first-order valence-corrected chi connectivity index (χ1v) is 10.7. The van der Waals surface area contributed by atoms with E-state index in [2.05, 4.69) is 10.3 Å². The van der Waals surface area contributed by atoms with Crippen LogP contribution in [-0.4, -0.2) is 55.0 Å². The number of primary amides is 1. The first-order chi connectivity index (χ1) is 16.0. The lowest BCUT2D eigenvalue weighted by Crippen LogP contribution is -2.46. The van der Waals surface area contributed by atoms with Gasteiger partial charge in [-0.05, 0) is 47.5 Å². The van der Waals surface area contributed by atoms with E-state index in [0.29, 0.717) is 40.9 Å². The van der Waals surface area contributed by atoms with Gasteiger partial charge in [-0.2, -0.15) is 0 Å². The fraction of sp³-hybridized carbons (Fsp3) is 0.200. The number of amides is 2. The fourth-order valence-corrected chi connectivity index (χ4v) is 4.39. The monoisotopic (exact) mass is 446 g/mol. The first-order valence-electron chi connectivity index (χ1n) is 10.7. The van der Waals surface area contributed by atoms with Gasteiger partial charge in [0.1, 0.15) is 0 Å². The molecular weight excluding hydrogens is 423 g/mol. The molecule has 0 unspecified atom stereocenters. The van der Waals surface area contributed by atoms with Gasteiger partial charge in [0.2, 0.25) is 0 Å². The molecule has 5 rings (SSSR count). The fourth-order valence-electron chi connectivity index (χ4n) is 4.39. The number of nitrogens with one attached hydrogen (secondary N) is 2. The number of H-pyrrole nitrogens is 1. The van der Waals surface area contributed by atoms with Crippen LogP contribution in [0.2, 0.25) is 0 Å². The van der Waals surface area contributed by atoms with Gasteiger partial charge in [0.15, 0.2) is 11.6 Å². The molecule has 1 aliphatic rings. The van der Waals surface area contributed by atoms with Crippen molar-refractivity contribution in [3.8, 4) is 16.9 Å². The Bertz CT molecular complexity index is 1410. The highest BCUT2D eigenvalue weighted by Crippen LogP contribution is 2.34. The van der Waals surface area contributed by atoms with Gasteiger partial charge in [-0.25, -0.2) is 4.39 Å². The van der Waals surface area contributed by atoms with Crippen LogP contribution < -0.4 is 15.8 Å². The molecule has 1 fully saturated rings. The third-order valence-electron chi connectivity index (χ3n) is 6.11. The summed E-state index contributed by atoms with van der Waals surface area (Å²) in [5, 5.41) is 4.90. The molecule has 0 saturated carbocycles. The molecule has 0 aliphatic carbocycles. The van der Waals surface area contributed by atoms with Gasteiger partial charge < -0.3 is 25.7 Å². The maximum absolute atomic E-state index is 13.9. The van der Waals surface area contributed by atoms with Crippen LogP contribution in [0.4, 0.5) is 4.39 Å². The van der Waals surface area contributed by atoms with Crippen LogP contribution in [0.3, 0.4) is 0 Å². The quantitative estimate of drug-likeness (QED) is 0.448. The molecule has 33 heavy (non-hydrogen) atoms. The van der Waals surface area contributed by atoms with Gasteiger partial charge in [-0.1, -0.05) is 12.1 Å². The average molecular weight is 446 g/mol. The molecule has 4 aromatic rings. The summed E-state index contributed by atoms with van der Waals surface area (Å²) in [6.45, 7) is 2.89. The zero-order chi connectivity index (χ0) is 23.1. The second kappa shape index (κ2) is 8.22. The molecule has 1 aromatic heterocycles. The molecule has 3 aromatic carbocycles. The van der Waals surface area contributed by atoms with E-state index in [1.54, 1.807) is 24.3 Å². The second-order valence-corrected chi connectivity index (χ2v) is 8.09. The van der Waals surface area contributed by atoms with Crippen molar-refractivity contribution in [3.63, 3.8) is 0 Å². The summed E-state index contributed by atoms with van der Waals surface area (Å²) in [4.78, 5) is 30.3. The third kappa shape index (κ3) is 3.68. The highest BCUT2D eigenvalue weighted by atomic mass is 19.1. The Morgan fingerprint density at radius 2 is 1.79 bits per heavy atom. The van der Waals surface area contributed by atoms with E-state index in [9.17, 15) is 14.0 Å². The van der Waals surface area contributed by atoms with Crippen LogP contribution in [0, 0.1) is 5.82 Å². The van der Waals surface area contributed by atoms with Crippen LogP contribution in [-0.2, 0) is 0 Å². The van der Waals surface area contributed by atoms with E-state index >= 15 is 0 Å². The lowest BCUT2D eigenvalue weighted by atomic mass is 9.98. The van der Waals surface area contributed by atoms with Crippen molar-refractivity contribution in [1.82, 2.24) is 15.2 Å². The van der Waals surface area contributed by atoms with Gasteiger partial charge in [0.05, 0.1) is 18.2 Å². The molecule has 1 saturated heterocycles. The average Bonchev–Trinajstić information content (AvgIpc) is 3.21. The minimum absolute atomic E-state index is 0.0220. The van der Waals surface area contributed by atoms with Crippen molar-refractivity contribution >= 4 is 33.6 Å². The summed E-state index contributed by atoms with van der Waals surface area (Å²) in [5.74, 6) is -0.958. The van der Waals surface area contributed by atoms with Crippen LogP contribution >= 0.6 is 0 Å². The third-order valence-corrected chi connectivity index (χ3v) is 6.11. The molecular formula is C25H23FN4O3. The summed E-state index contributed by atoms with van der Waals surface area (Å²) in [6, 6.07) is 13.6. The Labute approximate surface area is 189 Å². The molecule has 0 spiro atoms. The van der Waals surface area contributed by atoms with Gasteiger partial charge in [-0.3, -0.25) is 9.59 Å². The van der Waals surface area contributed by atoms with Crippen molar-refractivity contribution in [2.45, 2.75) is 0 Å². The highest BCUT2D eigenvalue weighted by molar-refractivity contribution is 6.17. The van der Waals surface area contributed by atoms with E-state index in [1.165, 1.54) is 13.2 Å². The minimum atomic E-state index is -0.584. The predicted octanol–water partition coefficient (Wildman–Crippen LogP) is 3.28. The SMILES string of the molecule is COc1cc(-c2cc(C(N)=O)c3[nH]c4cc(C(=O)N5CCNCC5)ccc4c3c2)ccc1F. The molecule has 168 valence electrons. The van der Waals surface area contributed by atoms with Crippen LogP contribution in [0.25, 0.3) is 32.9 Å². The summed E-state index contributed by atoms with van der Waals surface area (Å²) >= 11 is 0. The van der Waals surface area contributed by atoms with Crippen molar-refractivity contribution in [2.24, 2.45) is 5.73 Å². The number of aromatic amines is 1. The number of methoxy groups -OCH3 is 1. The molecule has 4 N–H and O–H groups in total. The Morgan fingerprint density at radius 3 is 2.52 bits per heavy atom. The van der Waals surface area contributed by atoms with E-state index in [0.717, 1.165) is 29.4 Å². The van der Waals surface area contributed by atoms with Crippen molar-refractivity contribution in [3.05, 3.63) is 65.5 Å². The minimum Gasteiger partial charge on any atom is -0.494 e. The van der Waals surface area contributed by atoms with Gasteiger partial charge in [0.25, 0.3) is 11.8 Å². The Hall–Kier alpha value is -3.91. The number of benzene rings is 3. The number of ether oxygens (including phenoxy) is 1. The van der Waals surface area contributed by atoms with Gasteiger partial charge >= 0.3 is 0 Å². The number of rotatable bonds is 4. The number of carbonyl (C=O) groups is 2. The molecule has 0 radical (unpaired) electrons. The Morgan fingerprint density at radius 1 is 1.00 bits per heavy atom. The summed E-state index contributed by atoms with van der Waals surface area (Å²) < 4.78 is 19.0. The molecule has 0 bridgehead atoms. The number of nitrogens with zero attached hydrogens (tertiary/aromatic N) is 1. The first kappa shape index (κ1) is 21.0. The molecule has 1 aliphatic heterocycles. The number of carbonyl (C=O) groups excluding carboxylic acids is 2. The molecule has 2 heterocycles. The molecule has 2 amide bonds. The Kier molecular flexibility index (Phi) is 5.22. The number of aromatic nitrogens is 1. The van der Waals surface area contributed by atoms with Crippen LogP contribution in [0.15, 0.2) is 48.5 Å². The highest BCUT2D eigenvalue weighted by Gasteiger charge is 2.20. The van der Waals surface area contributed by atoms with E-state index in [4.69, 9.17) is 10.5 Å². The largest absolute Gasteiger partial charge is 0.494 e. The lowest BCUT2D eigenvalue weighted by Gasteiger charge is -2.27. The number of halogens is 1. The number of nitrogens with two attached hydrogens (primary N) is 1. The summed E-state index contributed by atoms with van der Waals surface area (Å²) in [6.07, 6.45) is 0. The van der Waals surface area contributed by atoms with E-state index < -0.39 is 11.7 Å². The van der Waals surface area contributed by atoms with E-state index in [1.807, 2.05) is 23.1 Å². The van der Waals surface area contributed by atoms with Crippen molar-refractivity contribution in [1.29, 1.82) is 0 Å². The maximum Gasteiger partial charge on any atom is 0.254 e. The van der Waals surface area contributed by atoms with Crippen LogP contribution in [0.1, 0.15) is 20.7 Å². The number of fused-ring (bicyclic) bond motifs is 3. The smallest absolute Gasteiger partial charge is 0.254 e. The lowest BCUT2D eigenvalue weighted by molar-refractivity contribution is 0.0735. The summed E-state index contributed by atoms with van der Waals surface area (Å²) in [5.41, 5.74) is 9.33. The zero-order valence-corrected chi connectivity index (χ0v) is 18.1. The van der Waals surface area contributed by atoms with Crippen molar-refractivity contribution < 1.29 is 18.7 Å². The van der Waals surface area contributed by atoms with Gasteiger partial charge in [0, 0.05) is 48.0 Å². The van der Waals surface area contributed by atoms with Crippen LogP contribution in [0.5, 0.6) is 5.75 Å². The van der Waals surface area contributed by atoms with Crippen molar-refractivity contribution in [2.75, 3.05) is 33.3 Å². The molecule has 8 heteroatoms. The Balaban J connectivity index is 1.65. The zero-order valence-electron chi connectivity index (χ0n) is 18.1.